The molecule has 0 aromatic carbocycles. The van der Waals surface area contributed by atoms with Gasteiger partial charge in [0.15, 0.2) is 0 Å². The zero-order valence-corrected chi connectivity index (χ0v) is 12.9. The highest BCUT2D eigenvalue weighted by molar-refractivity contribution is 4.85. The molecule has 0 saturated carbocycles. The third-order valence-electron chi connectivity index (χ3n) is 3.75. The van der Waals surface area contributed by atoms with Crippen LogP contribution in [0.4, 0.5) is 0 Å². The highest BCUT2D eigenvalue weighted by Gasteiger charge is 1.99. The number of hydrogen-bond acceptors (Lipinski definition) is 1. The van der Waals surface area contributed by atoms with Crippen LogP contribution < -0.4 is 5.73 Å². The molecule has 1 N–H and O–H groups in total. The minimum absolute atomic E-state index is 0.493. The number of hydrogen-bond donors (Lipinski definition) is 0. The van der Waals surface area contributed by atoms with Gasteiger partial charge in [0.2, 0.25) is 0 Å². The fourth-order valence-corrected chi connectivity index (χ4v) is 2.43. The van der Waals surface area contributed by atoms with Crippen molar-refractivity contribution in [1.29, 1.82) is 5.26 Å². The molecule has 0 bridgehead atoms. The molecule has 19 heavy (non-hydrogen) atoms. The Bertz CT molecular complexity index is 208. The van der Waals surface area contributed by atoms with E-state index in [-0.39, 0.29) is 0 Å². The van der Waals surface area contributed by atoms with Crippen molar-refractivity contribution in [3.63, 3.8) is 0 Å². The summed E-state index contributed by atoms with van der Waals surface area (Å²) >= 11 is 0. The fraction of sp³-hybridized carbons (Fsp3) is 0.941. The minimum Gasteiger partial charge on any atom is -0.239 e. The van der Waals surface area contributed by atoms with Gasteiger partial charge in [0.05, 0.1) is 6.07 Å². The first-order valence-electron chi connectivity index (χ1n) is 8.42. The standard InChI is InChI=1S/C17H33N2/c1-2-3-4-5-6-7-8-9-10-11-12-13-14-15-17(19)16-18/h17,19H,2-15H2,1H3. The molecule has 0 aliphatic rings. The molecule has 0 saturated heterocycles. The van der Waals surface area contributed by atoms with Crippen LogP contribution in [0.3, 0.4) is 0 Å². The fourth-order valence-electron chi connectivity index (χ4n) is 2.43. The Labute approximate surface area is 120 Å². The summed E-state index contributed by atoms with van der Waals surface area (Å²) in [6, 6.07) is 1.48. The zero-order valence-electron chi connectivity index (χ0n) is 12.9. The van der Waals surface area contributed by atoms with Gasteiger partial charge in [-0.05, 0) is 6.42 Å². The number of nitriles is 1. The lowest BCUT2D eigenvalue weighted by Crippen LogP contribution is -2.04. The summed E-state index contributed by atoms with van der Waals surface area (Å²) in [4.78, 5) is 0. The van der Waals surface area contributed by atoms with Gasteiger partial charge in [-0.1, -0.05) is 90.4 Å². The lowest BCUT2D eigenvalue weighted by molar-refractivity contribution is 0.530. The Morgan fingerprint density at radius 3 is 1.47 bits per heavy atom. The maximum absolute atomic E-state index is 8.49. The second kappa shape index (κ2) is 15.5. The molecule has 2 heteroatoms. The van der Waals surface area contributed by atoms with Crippen LogP contribution in [-0.2, 0) is 0 Å². The predicted molar refractivity (Wildman–Crippen MR) is 82.8 cm³/mol. The van der Waals surface area contributed by atoms with E-state index in [0.29, 0.717) is 0 Å². The molecule has 0 fully saturated rings. The topological polar surface area (TPSA) is 47.6 Å². The average Bonchev–Trinajstić information content (AvgIpc) is 2.43. The molecule has 1 unspecified atom stereocenters. The van der Waals surface area contributed by atoms with Crippen molar-refractivity contribution in [2.45, 2.75) is 103 Å². The van der Waals surface area contributed by atoms with E-state index in [1.165, 1.54) is 77.0 Å². The van der Waals surface area contributed by atoms with Gasteiger partial charge in [0.1, 0.15) is 6.04 Å². The number of nitrogens with one attached hydrogen (secondary N) is 1. The van der Waals surface area contributed by atoms with Gasteiger partial charge in [0, 0.05) is 0 Å². The summed E-state index contributed by atoms with van der Waals surface area (Å²) < 4.78 is 0. The normalized spacial score (nSPS) is 12.3. The van der Waals surface area contributed by atoms with E-state index in [1.54, 1.807) is 0 Å². The number of unbranched alkanes of at least 4 members (excludes halogenated alkanes) is 12. The van der Waals surface area contributed by atoms with Crippen molar-refractivity contribution in [1.82, 2.24) is 5.73 Å². The van der Waals surface area contributed by atoms with Gasteiger partial charge in [-0.25, -0.2) is 5.73 Å². The van der Waals surface area contributed by atoms with Crippen molar-refractivity contribution in [3.8, 4) is 6.07 Å². The highest BCUT2D eigenvalue weighted by Crippen LogP contribution is 2.13. The molecule has 0 aromatic heterocycles. The van der Waals surface area contributed by atoms with Crippen molar-refractivity contribution in [2.24, 2.45) is 0 Å². The largest absolute Gasteiger partial charge is 0.239 e. The maximum Gasteiger partial charge on any atom is 0.108 e. The lowest BCUT2D eigenvalue weighted by Gasteiger charge is -2.03. The highest BCUT2D eigenvalue weighted by atomic mass is 14.6. The smallest absolute Gasteiger partial charge is 0.108 e. The number of nitrogens with zero attached hydrogens (tertiary/aromatic N) is 1. The quantitative estimate of drug-likeness (QED) is 0.375. The average molecular weight is 265 g/mol. The molecule has 111 valence electrons. The van der Waals surface area contributed by atoms with Crippen LogP contribution in [0.25, 0.3) is 0 Å². The molecule has 1 atom stereocenters. The number of rotatable bonds is 14. The van der Waals surface area contributed by atoms with Crippen LogP contribution in [0.2, 0.25) is 0 Å². The minimum atomic E-state index is -0.493. The summed E-state index contributed by atoms with van der Waals surface area (Å²) in [5.74, 6) is 0. The van der Waals surface area contributed by atoms with Crippen LogP contribution in [0, 0.1) is 11.3 Å². The molecule has 2 nitrogen and oxygen atoms in total. The SMILES string of the molecule is CCCCCCCCCCCCCCCC([NH])C#N. The van der Waals surface area contributed by atoms with Gasteiger partial charge in [-0.3, -0.25) is 0 Å². The van der Waals surface area contributed by atoms with Crippen molar-refractivity contribution in [2.75, 3.05) is 0 Å². The Kier molecular flexibility index (Phi) is 15.1. The maximum atomic E-state index is 8.49. The van der Waals surface area contributed by atoms with Crippen molar-refractivity contribution in [3.05, 3.63) is 0 Å². The van der Waals surface area contributed by atoms with Crippen LogP contribution >= 0.6 is 0 Å². The van der Waals surface area contributed by atoms with Crippen LogP contribution in [-0.4, -0.2) is 6.04 Å². The van der Waals surface area contributed by atoms with E-state index < -0.39 is 6.04 Å². The van der Waals surface area contributed by atoms with Crippen molar-refractivity contribution < 1.29 is 0 Å². The summed E-state index contributed by atoms with van der Waals surface area (Å²) in [7, 11) is 0. The van der Waals surface area contributed by atoms with Gasteiger partial charge >= 0.3 is 0 Å². The third kappa shape index (κ3) is 15.4. The molecule has 0 heterocycles. The van der Waals surface area contributed by atoms with E-state index in [9.17, 15) is 0 Å². The molecule has 0 amide bonds. The Balaban J connectivity index is 2.97. The second-order valence-electron chi connectivity index (χ2n) is 5.71. The van der Waals surface area contributed by atoms with Crippen LogP contribution in [0.1, 0.15) is 96.8 Å². The van der Waals surface area contributed by atoms with Crippen LogP contribution in [0.15, 0.2) is 0 Å². The van der Waals surface area contributed by atoms with E-state index in [4.69, 9.17) is 11.0 Å². The van der Waals surface area contributed by atoms with Gasteiger partial charge in [-0.15, -0.1) is 0 Å². The summed E-state index contributed by atoms with van der Waals surface area (Å²) in [5.41, 5.74) is 7.31. The zero-order chi connectivity index (χ0) is 14.2. The summed E-state index contributed by atoms with van der Waals surface area (Å²) in [5, 5.41) is 8.49. The van der Waals surface area contributed by atoms with Gasteiger partial charge in [-0.2, -0.15) is 5.26 Å². The summed E-state index contributed by atoms with van der Waals surface area (Å²) in [6.45, 7) is 2.27. The molecule has 0 aliphatic carbocycles. The van der Waals surface area contributed by atoms with Crippen LogP contribution in [0.5, 0.6) is 0 Å². The van der Waals surface area contributed by atoms with E-state index in [0.717, 1.165) is 12.8 Å². The van der Waals surface area contributed by atoms with Crippen molar-refractivity contribution >= 4 is 0 Å². The Morgan fingerprint density at radius 2 is 1.11 bits per heavy atom. The molecule has 0 aliphatic heterocycles. The summed E-state index contributed by atoms with van der Waals surface area (Å²) in [6.07, 6.45) is 18.3. The Hall–Kier alpha value is -0.550. The molecule has 0 spiro atoms. The first-order chi connectivity index (χ1) is 9.31. The van der Waals surface area contributed by atoms with E-state index in [1.807, 2.05) is 6.07 Å². The van der Waals surface area contributed by atoms with E-state index in [2.05, 4.69) is 6.92 Å². The van der Waals surface area contributed by atoms with Gasteiger partial charge < -0.3 is 0 Å². The lowest BCUT2D eigenvalue weighted by atomic mass is 10.0. The molecular weight excluding hydrogens is 232 g/mol. The predicted octanol–water partition coefficient (Wildman–Crippen LogP) is 5.64. The third-order valence-corrected chi connectivity index (χ3v) is 3.75. The monoisotopic (exact) mass is 265 g/mol. The van der Waals surface area contributed by atoms with E-state index >= 15 is 0 Å². The van der Waals surface area contributed by atoms with Gasteiger partial charge in [0.25, 0.3) is 0 Å². The molecular formula is C17H33N2. The molecule has 1 radical (unpaired) electrons. The first-order valence-corrected chi connectivity index (χ1v) is 8.42. The second-order valence-corrected chi connectivity index (χ2v) is 5.71. The first kappa shape index (κ1) is 18.4. The molecule has 0 rings (SSSR count). The Morgan fingerprint density at radius 1 is 0.737 bits per heavy atom. The molecule has 0 aromatic rings.